The Morgan fingerprint density at radius 1 is 1.39 bits per heavy atom. The average molecular weight is 399 g/mol. The minimum absolute atomic E-state index is 0.128. The number of carbonyl (C=O) groups excluding carboxylic acids is 1. The molecule has 0 unspecified atom stereocenters. The lowest BCUT2D eigenvalue weighted by atomic mass is 10.0. The zero-order chi connectivity index (χ0) is 16.4. The van der Waals surface area contributed by atoms with Crippen molar-refractivity contribution >= 4 is 45.0 Å². The summed E-state index contributed by atoms with van der Waals surface area (Å²) in [4.78, 5) is 21.3. The summed E-state index contributed by atoms with van der Waals surface area (Å²) in [6.07, 6.45) is 0.834. The first kappa shape index (κ1) is 15.9. The van der Waals surface area contributed by atoms with Gasteiger partial charge < -0.3 is 10.2 Å². The van der Waals surface area contributed by atoms with Gasteiger partial charge in [-0.05, 0) is 40.2 Å². The zero-order valence-electron chi connectivity index (χ0n) is 11.6. The van der Waals surface area contributed by atoms with Crippen LogP contribution < -0.4 is 5.32 Å². The summed E-state index contributed by atoms with van der Waals surface area (Å²) in [6.45, 7) is 0. The molecule has 23 heavy (non-hydrogen) atoms. The third kappa shape index (κ3) is 3.51. The van der Waals surface area contributed by atoms with Crippen LogP contribution >= 0.6 is 27.5 Å². The van der Waals surface area contributed by atoms with Crippen LogP contribution in [0.15, 0.2) is 46.2 Å². The number of carbonyl (C=O) groups is 1. The number of hydrogen-bond acceptors (Lipinski definition) is 4. The Kier molecular flexibility index (Phi) is 4.58. The molecule has 0 saturated carbocycles. The van der Waals surface area contributed by atoms with Gasteiger partial charge in [0.25, 0.3) is 5.91 Å². The topological polar surface area (TPSA) is 63.6 Å². The maximum Gasteiger partial charge on any atom is 0.269 e. The van der Waals surface area contributed by atoms with E-state index in [9.17, 15) is 9.18 Å². The predicted octanol–water partition coefficient (Wildman–Crippen LogP) is 3.77. The second kappa shape index (κ2) is 6.64. The molecule has 1 aliphatic heterocycles. The average Bonchev–Trinajstić information content (AvgIpc) is 2.99. The van der Waals surface area contributed by atoms with Crippen molar-refractivity contribution in [1.82, 2.24) is 4.98 Å². The van der Waals surface area contributed by atoms with E-state index in [0.29, 0.717) is 11.5 Å². The van der Waals surface area contributed by atoms with E-state index in [1.807, 2.05) is 0 Å². The van der Waals surface area contributed by atoms with Crippen LogP contribution in [0.3, 0.4) is 0 Å². The standard InChI is InChI=1S/C15H10BrClFN3O2/c16-8-4-5-13(19-7-8)20-15(22)12-6-11(21-23-12)14-9(17)2-1-3-10(14)18/h1-5,7,12H,6H2,(H,19,20,22)/t12-/m1/s1. The molecule has 1 atom stereocenters. The van der Waals surface area contributed by atoms with Crippen LogP contribution in [-0.2, 0) is 9.63 Å². The van der Waals surface area contributed by atoms with Crippen molar-refractivity contribution < 1.29 is 14.0 Å². The Labute approximate surface area is 144 Å². The minimum atomic E-state index is -0.855. The predicted molar refractivity (Wildman–Crippen MR) is 88.0 cm³/mol. The number of amides is 1. The fraction of sp³-hybridized carbons (Fsp3) is 0.133. The SMILES string of the molecule is O=C(Nc1ccc(Br)cn1)[C@H]1CC(c2c(F)cccc2Cl)=NO1. The number of aromatic nitrogens is 1. The van der Waals surface area contributed by atoms with Gasteiger partial charge in [0.05, 0.1) is 16.3 Å². The lowest BCUT2D eigenvalue weighted by Gasteiger charge is -2.09. The van der Waals surface area contributed by atoms with Crippen molar-refractivity contribution in [3.8, 4) is 0 Å². The zero-order valence-corrected chi connectivity index (χ0v) is 13.9. The van der Waals surface area contributed by atoms with Gasteiger partial charge in [-0.2, -0.15) is 0 Å². The van der Waals surface area contributed by atoms with Gasteiger partial charge in [0.2, 0.25) is 6.10 Å². The van der Waals surface area contributed by atoms with Crippen molar-refractivity contribution in [2.45, 2.75) is 12.5 Å². The molecule has 2 aromatic rings. The van der Waals surface area contributed by atoms with Gasteiger partial charge in [0, 0.05) is 17.1 Å². The highest BCUT2D eigenvalue weighted by Gasteiger charge is 2.31. The van der Waals surface area contributed by atoms with E-state index < -0.39 is 17.8 Å². The van der Waals surface area contributed by atoms with E-state index in [4.69, 9.17) is 16.4 Å². The monoisotopic (exact) mass is 397 g/mol. The number of halogens is 3. The van der Waals surface area contributed by atoms with Crippen LogP contribution in [0.5, 0.6) is 0 Å². The summed E-state index contributed by atoms with van der Waals surface area (Å²) in [7, 11) is 0. The number of rotatable bonds is 3. The Bertz CT molecular complexity index is 763. The van der Waals surface area contributed by atoms with Crippen molar-refractivity contribution in [3.63, 3.8) is 0 Å². The second-order valence-corrected chi connectivity index (χ2v) is 6.11. The van der Waals surface area contributed by atoms with Gasteiger partial charge in [-0.25, -0.2) is 9.37 Å². The molecule has 1 aromatic carbocycles. The molecule has 1 aliphatic rings. The first-order chi connectivity index (χ1) is 11.0. The maximum atomic E-state index is 13.9. The normalized spacial score (nSPS) is 16.7. The molecule has 3 rings (SSSR count). The molecule has 0 saturated heterocycles. The quantitative estimate of drug-likeness (QED) is 0.856. The van der Waals surface area contributed by atoms with Crippen molar-refractivity contribution in [2.75, 3.05) is 5.32 Å². The Morgan fingerprint density at radius 2 is 2.22 bits per heavy atom. The highest BCUT2D eigenvalue weighted by Crippen LogP contribution is 2.26. The van der Waals surface area contributed by atoms with E-state index in [0.717, 1.165) is 4.47 Å². The van der Waals surface area contributed by atoms with Gasteiger partial charge in [-0.3, -0.25) is 4.79 Å². The fourth-order valence-corrected chi connectivity index (χ4v) is 2.60. The summed E-state index contributed by atoms with van der Waals surface area (Å²) < 4.78 is 14.7. The number of hydrogen-bond donors (Lipinski definition) is 1. The van der Waals surface area contributed by atoms with Gasteiger partial charge in [0.1, 0.15) is 11.6 Å². The summed E-state index contributed by atoms with van der Waals surface area (Å²) in [6, 6.07) is 7.73. The lowest BCUT2D eigenvalue weighted by Crippen LogP contribution is -2.28. The smallest absolute Gasteiger partial charge is 0.269 e. The molecule has 0 bridgehead atoms. The Balaban J connectivity index is 1.69. The summed E-state index contributed by atoms with van der Waals surface area (Å²) in [5, 5.41) is 6.63. The maximum absolute atomic E-state index is 13.9. The summed E-state index contributed by atoms with van der Waals surface area (Å²) in [5.74, 6) is -0.527. The molecule has 2 heterocycles. The highest BCUT2D eigenvalue weighted by atomic mass is 79.9. The Morgan fingerprint density at radius 3 is 2.91 bits per heavy atom. The van der Waals surface area contributed by atoms with Crippen LogP contribution in [0.4, 0.5) is 10.2 Å². The van der Waals surface area contributed by atoms with E-state index >= 15 is 0 Å². The largest absolute Gasteiger partial charge is 0.382 e. The van der Waals surface area contributed by atoms with Crippen LogP contribution in [0.25, 0.3) is 0 Å². The number of benzene rings is 1. The first-order valence-electron chi connectivity index (χ1n) is 6.64. The van der Waals surface area contributed by atoms with E-state index in [1.165, 1.54) is 12.1 Å². The van der Waals surface area contributed by atoms with Gasteiger partial charge in [-0.15, -0.1) is 0 Å². The number of nitrogens with one attached hydrogen (secondary N) is 1. The third-order valence-electron chi connectivity index (χ3n) is 3.19. The second-order valence-electron chi connectivity index (χ2n) is 4.78. The molecule has 5 nitrogen and oxygen atoms in total. The van der Waals surface area contributed by atoms with E-state index in [-0.39, 0.29) is 17.0 Å². The van der Waals surface area contributed by atoms with Crippen LogP contribution in [0.2, 0.25) is 5.02 Å². The van der Waals surface area contributed by atoms with E-state index in [1.54, 1.807) is 24.4 Å². The number of nitrogens with zero attached hydrogens (tertiary/aromatic N) is 2. The molecular weight excluding hydrogens is 389 g/mol. The summed E-state index contributed by atoms with van der Waals surface area (Å²) >= 11 is 9.25. The molecule has 0 radical (unpaired) electrons. The lowest BCUT2D eigenvalue weighted by molar-refractivity contribution is -0.125. The van der Waals surface area contributed by atoms with E-state index in [2.05, 4.69) is 31.4 Å². The van der Waals surface area contributed by atoms with Crippen molar-refractivity contribution in [2.24, 2.45) is 5.16 Å². The molecule has 1 aromatic heterocycles. The van der Waals surface area contributed by atoms with Gasteiger partial charge in [0.15, 0.2) is 0 Å². The third-order valence-corrected chi connectivity index (χ3v) is 3.98. The molecule has 0 fully saturated rings. The number of anilines is 1. The molecule has 0 aliphatic carbocycles. The first-order valence-corrected chi connectivity index (χ1v) is 7.81. The molecule has 0 spiro atoms. The van der Waals surface area contributed by atoms with Crippen molar-refractivity contribution in [3.05, 3.63) is 57.4 Å². The molecule has 8 heteroatoms. The molecule has 1 N–H and O–H groups in total. The van der Waals surface area contributed by atoms with Gasteiger partial charge >= 0.3 is 0 Å². The molecule has 1 amide bonds. The Hall–Kier alpha value is -1.99. The minimum Gasteiger partial charge on any atom is -0.382 e. The van der Waals surface area contributed by atoms with Crippen LogP contribution in [0, 0.1) is 5.82 Å². The van der Waals surface area contributed by atoms with Crippen molar-refractivity contribution in [1.29, 1.82) is 0 Å². The number of oxime groups is 1. The highest BCUT2D eigenvalue weighted by molar-refractivity contribution is 9.10. The summed E-state index contributed by atoms with van der Waals surface area (Å²) in [5.41, 5.74) is 0.461. The van der Waals surface area contributed by atoms with Gasteiger partial charge in [-0.1, -0.05) is 22.8 Å². The fourth-order valence-electron chi connectivity index (χ4n) is 2.10. The van der Waals surface area contributed by atoms with Crippen LogP contribution in [0.1, 0.15) is 12.0 Å². The van der Waals surface area contributed by atoms with Crippen LogP contribution in [-0.4, -0.2) is 22.7 Å². The number of pyridine rings is 1. The molecule has 118 valence electrons. The molecular formula is C15H10BrClFN3O2.